The lowest BCUT2D eigenvalue weighted by Crippen LogP contribution is -2.27. The Balaban J connectivity index is 1.42. The van der Waals surface area contributed by atoms with Crippen LogP contribution < -0.4 is 10.6 Å². The third-order valence-electron chi connectivity index (χ3n) is 4.14. The second-order valence-electron chi connectivity index (χ2n) is 5.67. The van der Waals surface area contributed by atoms with Crippen molar-refractivity contribution in [2.75, 3.05) is 19.6 Å². The number of rotatable bonds is 6. The highest BCUT2D eigenvalue weighted by Crippen LogP contribution is 2.14. The lowest BCUT2D eigenvalue weighted by atomic mass is 10.0. The Hall–Kier alpha value is -1.88. The zero-order valence-electron chi connectivity index (χ0n) is 12.2. The van der Waals surface area contributed by atoms with Crippen molar-refractivity contribution in [2.45, 2.75) is 25.8 Å². The number of benzene rings is 1. The summed E-state index contributed by atoms with van der Waals surface area (Å²) >= 11 is 0. The number of amides is 1. The molecule has 1 amide bonds. The molecule has 0 spiro atoms. The largest absolute Gasteiger partial charge is 0.354 e. The Kier molecular flexibility index (Phi) is 4.50. The van der Waals surface area contributed by atoms with Crippen LogP contribution in [0.5, 0.6) is 0 Å². The van der Waals surface area contributed by atoms with E-state index < -0.39 is 0 Å². The van der Waals surface area contributed by atoms with Crippen molar-refractivity contribution in [2.24, 2.45) is 5.92 Å². The molecule has 1 fully saturated rings. The monoisotopic (exact) mass is 286 g/mol. The summed E-state index contributed by atoms with van der Waals surface area (Å²) in [5, 5.41) is 6.33. The number of carbonyl (C=O) groups excluding carboxylic acids is 1. The van der Waals surface area contributed by atoms with Crippen LogP contribution in [0.3, 0.4) is 0 Å². The maximum Gasteiger partial charge on any atom is 0.220 e. The summed E-state index contributed by atoms with van der Waals surface area (Å²) in [6, 6.07) is 8.05. The van der Waals surface area contributed by atoms with Crippen molar-refractivity contribution in [3.8, 4) is 0 Å². The van der Waals surface area contributed by atoms with Crippen LogP contribution in [0.15, 0.2) is 30.6 Å². The molecule has 0 bridgehead atoms. The summed E-state index contributed by atoms with van der Waals surface area (Å²) in [5.74, 6) is 0.833. The van der Waals surface area contributed by atoms with Gasteiger partial charge in [-0.25, -0.2) is 4.98 Å². The SMILES string of the molecule is O=C(CCC1CCNC1)NCCn1cnc2ccccc21. The number of hydrogen-bond acceptors (Lipinski definition) is 3. The van der Waals surface area contributed by atoms with E-state index >= 15 is 0 Å². The maximum atomic E-state index is 11.8. The van der Waals surface area contributed by atoms with Gasteiger partial charge in [-0.05, 0) is 44.0 Å². The van der Waals surface area contributed by atoms with Gasteiger partial charge in [-0.15, -0.1) is 0 Å². The molecule has 1 aliphatic heterocycles. The number of imidazole rings is 1. The minimum Gasteiger partial charge on any atom is -0.354 e. The third-order valence-corrected chi connectivity index (χ3v) is 4.14. The van der Waals surface area contributed by atoms with E-state index in [4.69, 9.17) is 0 Å². The standard InChI is InChI=1S/C16H22N4O/c21-16(6-5-13-7-8-17-11-13)18-9-10-20-12-19-14-3-1-2-4-15(14)20/h1-4,12-13,17H,5-11H2,(H,18,21). The van der Waals surface area contributed by atoms with Crippen LogP contribution in [0.2, 0.25) is 0 Å². The maximum absolute atomic E-state index is 11.8. The van der Waals surface area contributed by atoms with E-state index in [-0.39, 0.29) is 5.91 Å². The fourth-order valence-corrected chi connectivity index (χ4v) is 2.89. The first kappa shape index (κ1) is 14.1. The predicted molar refractivity (Wildman–Crippen MR) is 83.0 cm³/mol. The predicted octanol–water partition coefficient (Wildman–Crippen LogP) is 1.54. The van der Waals surface area contributed by atoms with Crippen molar-refractivity contribution in [3.63, 3.8) is 0 Å². The highest BCUT2D eigenvalue weighted by Gasteiger charge is 2.15. The number of fused-ring (bicyclic) bond motifs is 1. The van der Waals surface area contributed by atoms with E-state index in [0.717, 1.165) is 37.1 Å². The second-order valence-corrected chi connectivity index (χ2v) is 5.67. The lowest BCUT2D eigenvalue weighted by molar-refractivity contribution is -0.121. The topological polar surface area (TPSA) is 59.0 Å². The van der Waals surface area contributed by atoms with Gasteiger partial charge in [0, 0.05) is 19.5 Å². The summed E-state index contributed by atoms with van der Waals surface area (Å²) in [5.41, 5.74) is 2.11. The van der Waals surface area contributed by atoms with E-state index in [2.05, 4.69) is 26.3 Å². The summed E-state index contributed by atoms with van der Waals surface area (Å²) in [7, 11) is 0. The van der Waals surface area contributed by atoms with E-state index in [9.17, 15) is 4.79 Å². The Morgan fingerprint density at radius 3 is 3.19 bits per heavy atom. The van der Waals surface area contributed by atoms with Crippen LogP contribution in [-0.4, -0.2) is 35.1 Å². The van der Waals surface area contributed by atoms with Gasteiger partial charge in [-0.3, -0.25) is 4.79 Å². The van der Waals surface area contributed by atoms with Crippen LogP contribution in [0.25, 0.3) is 11.0 Å². The summed E-state index contributed by atoms with van der Waals surface area (Å²) in [6.07, 6.45) is 4.67. The van der Waals surface area contributed by atoms with Gasteiger partial charge in [0.2, 0.25) is 5.91 Å². The Morgan fingerprint density at radius 1 is 1.43 bits per heavy atom. The minimum absolute atomic E-state index is 0.159. The molecule has 5 heteroatoms. The van der Waals surface area contributed by atoms with Gasteiger partial charge in [-0.2, -0.15) is 0 Å². The molecule has 0 aliphatic carbocycles. The molecular formula is C16H22N4O. The molecule has 1 atom stereocenters. The first-order valence-electron chi connectivity index (χ1n) is 7.70. The number of carbonyl (C=O) groups is 1. The molecule has 1 aromatic carbocycles. The average Bonchev–Trinajstić information content (AvgIpc) is 3.15. The number of nitrogens with zero attached hydrogens (tertiary/aromatic N) is 2. The van der Waals surface area contributed by atoms with Gasteiger partial charge >= 0.3 is 0 Å². The van der Waals surface area contributed by atoms with Crippen LogP contribution >= 0.6 is 0 Å². The Morgan fingerprint density at radius 2 is 2.33 bits per heavy atom. The number of aromatic nitrogens is 2. The van der Waals surface area contributed by atoms with Gasteiger partial charge < -0.3 is 15.2 Å². The summed E-state index contributed by atoms with van der Waals surface area (Å²) in [6.45, 7) is 3.58. The van der Waals surface area contributed by atoms with Gasteiger partial charge in [-0.1, -0.05) is 12.1 Å². The van der Waals surface area contributed by atoms with Crippen molar-refractivity contribution in [3.05, 3.63) is 30.6 Å². The third kappa shape index (κ3) is 3.61. The van der Waals surface area contributed by atoms with E-state index in [1.807, 2.05) is 24.5 Å². The van der Waals surface area contributed by atoms with Crippen molar-refractivity contribution in [1.82, 2.24) is 20.2 Å². The smallest absolute Gasteiger partial charge is 0.220 e. The van der Waals surface area contributed by atoms with Crippen molar-refractivity contribution >= 4 is 16.9 Å². The van der Waals surface area contributed by atoms with E-state index in [1.165, 1.54) is 6.42 Å². The number of hydrogen-bond donors (Lipinski definition) is 2. The van der Waals surface area contributed by atoms with E-state index in [1.54, 1.807) is 0 Å². The zero-order chi connectivity index (χ0) is 14.5. The number of nitrogens with one attached hydrogen (secondary N) is 2. The van der Waals surface area contributed by atoms with Crippen LogP contribution in [0.1, 0.15) is 19.3 Å². The molecule has 0 radical (unpaired) electrons. The van der Waals surface area contributed by atoms with Crippen LogP contribution in [0, 0.1) is 5.92 Å². The van der Waals surface area contributed by atoms with Crippen LogP contribution in [-0.2, 0) is 11.3 Å². The number of para-hydroxylation sites is 2. The van der Waals surface area contributed by atoms with Gasteiger partial charge in [0.05, 0.1) is 17.4 Å². The first-order chi connectivity index (χ1) is 10.3. The Bertz CT molecular complexity index is 601. The molecule has 2 heterocycles. The highest BCUT2D eigenvalue weighted by molar-refractivity contribution is 5.76. The normalized spacial score (nSPS) is 18.2. The van der Waals surface area contributed by atoms with Crippen molar-refractivity contribution < 1.29 is 4.79 Å². The van der Waals surface area contributed by atoms with Gasteiger partial charge in [0.1, 0.15) is 0 Å². The molecule has 2 N–H and O–H groups in total. The summed E-state index contributed by atoms with van der Waals surface area (Å²) in [4.78, 5) is 16.2. The zero-order valence-corrected chi connectivity index (χ0v) is 12.2. The molecular weight excluding hydrogens is 264 g/mol. The minimum atomic E-state index is 0.159. The highest BCUT2D eigenvalue weighted by atomic mass is 16.1. The fourth-order valence-electron chi connectivity index (χ4n) is 2.89. The van der Waals surface area contributed by atoms with Crippen LogP contribution in [0.4, 0.5) is 0 Å². The molecule has 1 aromatic heterocycles. The summed E-state index contributed by atoms with van der Waals surface area (Å²) < 4.78 is 2.08. The fraction of sp³-hybridized carbons (Fsp3) is 0.500. The average molecular weight is 286 g/mol. The van der Waals surface area contributed by atoms with E-state index in [0.29, 0.717) is 18.9 Å². The first-order valence-corrected chi connectivity index (χ1v) is 7.70. The molecule has 1 unspecified atom stereocenters. The molecule has 5 nitrogen and oxygen atoms in total. The molecule has 2 aromatic rings. The molecule has 112 valence electrons. The molecule has 3 rings (SSSR count). The van der Waals surface area contributed by atoms with Crippen molar-refractivity contribution in [1.29, 1.82) is 0 Å². The molecule has 1 saturated heterocycles. The Labute approximate surface area is 124 Å². The quantitative estimate of drug-likeness (QED) is 0.847. The molecule has 21 heavy (non-hydrogen) atoms. The lowest BCUT2D eigenvalue weighted by Gasteiger charge is -2.09. The van der Waals surface area contributed by atoms with Gasteiger partial charge in [0.25, 0.3) is 0 Å². The van der Waals surface area contributed by atoms with Gasteiger partial charge in [0.15, 0.2) is 0 Å². The molecule has 0 saturated carbocycles. The molecule has 1 aliphatic rings. The second kappa shape index (κ2) is 6.72.